The maximum absolute atomic E-state index is 13.1. The summed E-state index contributed by atoms with van der Waals surface area (Å²) < 4.78 is 13.1. The van der Waals surface area contributed by atoms with Gasteiger partial charge < -0.3 is 0 Å². The summed E-state index contributed by atoms with van der Waals surface area (Å²) in [5.41, 5.74) is 2.31. The maximum Gasteiger partial charge on any atom is 1.00 e. The molecule has 0 unspecified atom stereocenters. The number of benzene rings is 2. The fourth-order valence-corrected chi connectivity index (χ4v) is 4.34. The molecule has 0 aliphatic rings. The van der Waals surface area contributed by atoms with Crippen LogP contribution < -0.4 is 24.0 Å². The number of fused-ring (bicyclic) bond motifs is 1. The van der Waals surface area contributed by atoms with Gasteiger partial charge in [-0.15, -0.1) is 45.8 Å². The molecule has 0 fully saturated rings. The molecule has 3 aromatic rings. The van der Waals surface area contributed by atoms with Gasteiger partial charge in [0.1, 0.15) is 5.82 Å². The molecule has 0 bridgehead atoms. The van der Waals surface area contributed by atoms with Crippen LogP contribution in [0.1, 0.15) is 0 Å². The average Bonchev–Trinajstić information content (AvgIpc) is 2.79. The van der Waals surface area contributed by atoms with E-state index in [0.717, 1.165) is 5.56 Å². The third kappa shape index (κ3) is 3.03. The second-order valence-corrected chi connectivity index (χ2v) is 11.3. The van der Waals surface area contributed by atoms with E-state index in [2.05, 4.69) is 50.0 Å². The summed E-state index contributed by atoms with van der Waals surface area (Å²) >= 11 is 0. The van der Waals surface area contributed by atoms with Gasteiger partial charge in [0.2, 0.25) is 0 Å². The SMILES string of the molecule is C[Si](C)(C)[c-]1cc(-c2ccc(F)cc2)c2ccccc21.[Li+]. The van der Waals surface area contributed by atoms with Crippen LogP contribution >= 0.6 is 0 Å². The zero-order chi connectivity index (χ0) is 14.3. The summed E-state index contributed by atoms with van der Waals surface area (Å²) in [6.07, 6.45) is 0. The van der Waals surface area contributed by atoms with Crippen molar-refractivity contribution >= 4 is 24.0 Å². The van der Waals surface area contributed by atoms with Gasteiger partial charge >= 0.3 is 18.9 Å². The first kappa shape index (κ1) is 16.2. The second-order valence-electron chi connectivity index (χ2n) is 6.27. The fraction of sp³-hybridized carbons (Fsp3) is 0.167. The fourth-order valence-electron chi connectivity index (χ4n) is 2.74. The van der Waals surface area contributed by atoms with E-state index in [1.165, 1.54) is 33.7 Å². The van der Waals surface area contributed by atoms with Gasteiger partial charge in [-0.25, -0.2) is 4.39 Å². The third-order valence-corrected chi connectivity index (χ3v) is 5.79. The van der Waals surface area contributed by atoms with Crippen LogP contribution in [0.4, 0.5) is 4.39 Å². The molecule has 0 saturated carbocycles. The minimum absolute atomic E-state index is 0. The Morgan fingerprint density at radius 2 is 1.52 bits per heavy atom. The molecule has 0 atom stereocenters. The number of hydrogen-bond donors (Lipinski definition) is 0. The van der Waals surface area contributed by atoms with E-state index in [9.17, 15) is 4.39 Å². The van der Waals surface area contributed by atoms with Gasteiger partial charge in [-0.1, -0.05) is 43.4 Å². The number of hydrogen-bond acceptors (Lipinski definition) is 0. The first-order valence-corrected chi connectivity index (χ1v) is 10.4. The van der Waals surface area contributed by atoms with Crippen molar-refractivity contribution in [1.29, 1.82) is 0 Å². The van der Waals surface area contributed by atoms with E-state index in [0.29, 0.717) is 0 Å². The molecule has 0 aromatic heterocycles. The molecule has 3 aromatic carbocycles. The van der Waals surface area contributed by atoms with Crippen LogP contribution in [-0.2, 0) is 0 Å². The first-order valence-electron chi connectivity index (χ1n) is 6.92. The monoisotopic (exact) mass is 288 g/mol. The Balaban J connectivity index is 0.00000161. The van der Waals surface area contributed by atoms with Crippen molar-refractivity contribution in [3.05, 3.63) is 60.4 Å². The summed E-state index contributed by atoms with van der Waals surface area (Å²) in [6.45, 7) is 7.09. The van der Waals surface area contributed by atoms with Crippen molar-refractivity contribution < 1.29 is 23.3 Å². The zero-order valence-corrected chi connectivity index (χ0v) is 14.1. The molecule has 0 aliphatic carbocycles. The largest absolute Gasteiger partial charge is 1.00 e. The van der Waals surface area contributed by atoms with Gasteiger partial charge in [-0.05, 0) is 12.1 Å². The summed E-state index contributed by atoms with van der Waals surface area (Å²) in [5.74, 6) is -0.185. The second kappa shape index (κ2) is 5.89. The van der Waals surface area contributed by atoms with Crippen molar-refractivity contribution in [2.24, 2.45) is 0 Å². The van der Waals surface area contributed by atoms with Crippen LogP contribution in [0.3, 0.4) is 0 Å². The maximum atomic E-state index is 13.1. The van der Waals surface area contributed by atoms with Crippen LogP contribution in [0.25, 0.3) is 21.9 Å². The van der Waals surface area contributed by atoms with E-state index in [1.54, 1.807) is 0 Å². The standard InChI is InChI=1S/C18H18FSi.Li/c1-20(2,3)18-12-17(13-8-10-14(19)11-9-13)15-6-4-5-7-16(15)18;/h4-12H,1-3H3;/q-1;+1. The quantitative estimate of drug-likeness (QED) is 0.499. The Labute approximate surface area is 138 Å². The molecule has 3 rings (SSSR count). The summed E-state index contributed by atoms with van der Waals surface area (Å²) in [6, 6.07) is 17.6. The molecular weight excluding hydrogens is 270 g/mol. The molecule has 3 heteroatoms. The van der Waals surface area contributed by atoms with Crippen LogP contribution in [0.15, 0.2) is 54.6 Å². The third-order valence-electron chi connectivity index (χ3n) is 3.76. The topological polar surface area (TPSA) is 0 Å². The first-order chi connectivity index (χ1) is 9.47. The smallest absolute Gasteiger partial charge is 0.207 e. The van der Waals surface area contributed by atoms with Gasteiger partial charge in [0, 0.05) is 8.07 Å². The molecule has 0 heterocycles. The van der Waals surface area contributed by atoms with Crippen LogP contribution in [-0.4, -0.2) is 8.07 Å². The Morgan fingerprint density at radius 3 is 2.14 bits per heavy atom. The predicted octanol–water partition coefficient (Wildman–Crippen LogP) is 1.91. The average molecular weight is 288 g/mol. The molecule has 0 amide bonds. The molecule has 0 nitrogen and oxygen atoms in total. The van der Waals surface area contributed by atoms with Crippen molar-refractivity contribution in [2.45, 2.75) is 19.6 Å². The summed E-state index contributed by atoms with van der Waals surface area (Å²) in [5, 5.41) is 4.11. The summed E-state index contributed by atoms with van der Waals surface area (Å²) in [7, 11) is -1.39. The molecule has 0 aliphatic heterocycles. The van der Waals surface area contributed by atoms with E-state index < -0.39 is 8.07 Å². The molecule has 0 saturated heterocycles. The normalized spacial score (nSPS) is 11.4. The van der Waals surface area contributed by atoms with Gasteiger partial charge in [0.25, 0.3) is 0 Å². The Kier molecular flexibility index (Phi) is 4.53. The zero-order valence-electron chi connectivity index (χ0n) is 13.1. The van der Waals surface area contributed by atoms with Crippen molar-refractivity contribution in [3.8, 4) is 11.1 Å². The van der Waals surface area contributed by atoms with E-state index in [4.69, 9.17) is 0 Å². The van der Waals surface area contributed by atoms with Crippen molar-refractivity contribution in [3.63, 3.8) is 0 Å². The molecule has 0 radical (unpaired) electrons. The van der Waals surface area contributed by atoms with Gasteiger partial charge in [-0.2, -0.15) is 0 Å². The Hall–Kier alpha value is -1.21. The van der Waals surface area contributed by atoms with Crippen LogP contribution in [0, 0.1) is 5.82 Å². The van der Waals surface area contributed by atoms with Crippen molar-refractivity contribution in [2.75, 3.05) is 0 Å². The predicted molar refractivity (Wildman–Crippen MR) is 87.9 cm³/mol. The molecule has 102 valence electrons. The van der Waals surface area contributed by atoms with Crippen molar-refractivity contribution in [1.82, 2.24) is 0 Å². The molecule has 21 heavy (non-hydrogen) atoms. The molecule has 0 N–H and O–H groups in total. The van der Waals surface area contributed by atoms with E-state index in [1.807, 2.05) is 12.1 Å². The summed E-state index contributed by atoms with van der Waals surface area (Å²) in [4.78, 5) is 0. The molecule has 0 spiro atoms. The number of rotatable bonds is 2. The van der Waals surface area contributed by atoms with Gasteiger partial charge in [0.05, 0.1) is 0 Å². The van der Waals surface area contributed by atoms with Crippen LogP contribution in [0.5, 0.6) is 0 Å². The van der Waals surface area contributed by atoms with Gasteiger partial charge in [0.15, 0.2) is 0 Å². The molecular formula is C18H18FLiSi. The van der Waals surface area contributed by atoms with E-state index >= 15 is 0 Å². The van der Waals surface area contributed by atoms with E-state index in [-0.39, 0.29) is 24.7 Å². The Morgan fingerprint density at radius 1 is 0.905 bits per heavy atom. The van der Waals surface area contributed by atoms with Gasteiger partial charge in [-0.3, -0.25) is 0 Å². The number of halogens is 1. The minimum Gasteiger partial charge on any atom is -0.207 e. The minimum atomic E-state index is -1.39. The van der Waals surface area contributed by atoms with Crippen LogP contribution in [0.2, 0.25) is 19.6 Å². The Bertz CT molecular complexity index is 751.